The van der Waals surface area contributed by atoms with E-state index in [9.17, 15) is 0 Å². The first-order chi connectivity index (χ1) is 7.21. The van der Waals surface area contributed by atoms with Gasteiger partial charge in [0.15, 0.2) is 0 Å². The molecular weight excluding hydrogens is 194 g/mol. The summed E-state index contributed by atoms with van der Waals surface area (Å²) in [5, 5.41) is 3.66. The van der Waals surface area contributed by atoms with Crippen molar-refractivity contribution in [1.29, 1.82) is 0 Å². The fourth-order valence-electron chi connectivity index (χ4n) is 2.43. The fraction of sp³-hybridized carbons (Fsp3) is 0.600. The van der Waals surface area contributed by atoms with E-state index in [0.29, 0.717) is 6.04 Å². The SMILES string of the molecule is CC(C)(C)C(Nc1ccccc1)C(C)(C)C. The highest BCUT2D eigenvalue weighted by Crippen LogP contribution is 2.35. The van der Waals surface area contributed by atoms with E-state index in [2.05, 4.69) is 71.1 Å². The molecule has 16 heavy (non-hydrogen) atoms. The Balaban J connectivity index is 2.89. The summed E-state index contributed by atoms with van der Waals surface area (Å²) >= 11 is 0. The summed E-state index contributed by atoms with van der Waals surface area (Å²) in [6.45, 7) is 13.7. The lowest BCUT2D eigenvalue weighted by molar-refractivity contribution is 0.198. The molecule has 90 valence electrons. The highest BCUT2D eigenvalue weighted by atomic mass is 15.0. The minimum Gasteiger partial charge on any atom is -0.381 e. The van der Waals surface area contributed by atoms with Crippen molar-refractivity contribution in [2.24, 2.45) is 10.8 Å². The predicted molar refractivity (Wildman–Crippen MR) is 72.8 cm³/mol. The Kier molecular flexibility index (Phi) is 3.67. The van der Waals surface area contributed by atoms with Gasteiger partial charge >= 0.3 is 0 Å². The molecule has 0 spiro atoms. The zero-order chi connectivity index (χ0) is 12.4. The van der Waals surface area contributed by atoms with Crippen LogP contribution in [-0.4, -0.2) is 6.04 Å². The van der Waals surface area contributed by atoms with E-state index in [1.54, 1.807) is 0 Å². The standard InChI is InChI=1S/C15H25N/c1-14(2,3)13(15(4,5)6)16-12-10-8-7-9-11-12/h7-11,13,16H,1-6H3. The number of rotatable bonds is 2. The first-order valence-electron chi connectivity index (χ1n) is 6.03. The molecule has 0 aliphatic carbocycles. The van der Waals surface area contributed by atoms with Gasteiger partial charge in [-0.1, -0.05) is 59.7 Å². The van der Waals surface area contributed by atoms with Crippen LogP contribution < -0.4 is 5.32 Å². The minimum absolute atomic E-state index is 0.244. The smallest absolute Gasteiger partial charge is 0.0357 e. The first-order valence-corrected chi connectivity index (χ1v) is 6.03. The van der Waals surface area contributed by atoms with Crippen molar-refractivity contribution in [3.8, 4) is 0 Å². The van der Waals surface area contributed by atoms with Crippen molar-refractivity contribution in [2.75, 3.05) is 5.32 Å². The molecule has 0 aliphatic heterocycles. The number of hydrogen-bond donors (Lipinski definition) is 1. The molecule has 0 aromatic heterocycles. The molecule has 0 unspecified atom stereocenters. The van der Waals surface area contributed by atoms with Crippen LogP contribution in [0.1, 0.15) is 41.5 Å². The van der Waals surface area contributed by atoms with Crippen molar-refractivity contribution >= 4 is 5.69 Å². The molecule has 0 aliphatic rings. The average molecular weight is 219 g/mol. The fourth-order valence-corrected chi connectivity index (χ4v) is 2.43. The molecule has 1 nitrogen and oxygen atoms in total. The summed E-state index contributed by atoms with van der Waals surface area (Å²) in [6, 6.07) is 10.9. The average Bonchev–Trinajstić information content (AvgIpc) is 2.12. The van der Waals surface area contributed by atoms with Crippen molar-refractivity contribution in [3.63, 3.8) is 0 Å². The van der Waals surface area contributed by atoms with Crippen molar-refractivity contribution < 1.29 is 0 Å². The molecule has 0 saturated carbocycles. The Morgan fingerprint density at radius 1 is 0.812 bits per heavy atom. The van der Waals surface area contributed by atoms with Crippen molar-refractivity contribution in [2.45, 2.75) is 47.6 Å². The second-order valence-electron chi connectivity index (χ2n) is 6.68. The maximum Gasteiger partial charge on any atom is 0.0357 e. The molecule has 0 heterocycles. The van der Waals surface area contributed by atoms with Crippen molar-refractivity contribution in [1.82, 2.24) is 0 Å². The molecule has 1 N–H and O–H groups in total. The predicted octanol–water partition coefficient (Wildman–Crippen LogP) is 4.56. The van der Waals surface area contributed by atoms with Crippen LogP contribution in [0, 0.1) is 10.8 Å². The topological polar surface area (TPSA) is 12.0 Å². The third-order valence-corrected chi connectivity index (χ3v) is 2.82. The van der Waals surface area contributed by atoms with E-state index in [4.69, 9.17) is 0 Å². The molecule has 1 aromatic carbocycles. The normalized spacial score (nSPS) is 12.9. The quantitative estimate of drug-likeness (QED) is 0.769. The lowest BCUT2D eigenvalue weighted by atomic mass is 9.72. The number of nitrogens with one attached hydrogen (secondary N) is 1. The summed E-state index contributed by atoms with van der Waals surface area (Å²) in [6.07, 6.45) is 0. The largest absolute Gasteiger partial charge is 0.381 e. The number of benzene rings is 1. The summed E-state index contributed by atoms with van der Waals surface area (Å²) in [4.78, 5) is 0. The zero-order valence-corrected chi connectivity index (χ0v) is 11.5. The second-order valence-corrected chi connectivity index (χ2v) is 6.68. The lowest BCUT2D eigenvalue weighted by Crippen LogP contribution is -2.44. The Morgan fingerprint density at radius 3 is 1.62 bits per heavy atom. The van der Waals surface area contributed by atoms with Gasteiger partial charge in [-0.05, 0) is 23.0 Å². The van der Waals surface area contributed by atoms with Gasteiger partial charge in [0.05, 0.1) is 0 Å². The monoisotopic (exact) mass is 219 g/mol. The summed E-state index contributed by atoms with van der Waals surface area (Å²) in [7, 11) is 0. The van der Waals surface area contributed by atoms with Crippen LogP contribution in [-0.2, 0) is 0 Å². The summed E-state index contributed by atoms with van der Waals surface area (Å²) in [5.41, 5.74) is 1.69. The van der Waals surface area contributed by atoms with Crippen LogP contribution in [0.15, 0.2) is 30.3 Å². The lowest BCUT2D eigenvalue weighted by Gasteiger charge is -2.41. The Morgan fingerprint density at radius 2 is 1.25 bits per heavy atom. The third-order valence-electron chi connectivity index (χ3n) is 2.82. The molecule has 0 amide bonds. The van der Waals surface area contributed by atoms with Gasteiger partial charge in [0.2, 0.25) is 0 Å². The van der Waals surface area contributed by atoms with Crippen LogP contribution in [0.25, 0.3) is 0 Å². The molecule has 0 bridgehead atoms. The van der Waals surface area contributed by atoms with Gasteiger partial charge in [0, 0.05) is 11.7 Å². The minimum atomic E-state index is 0.244. The van der Waals surface area contributed by atoms with E-state index < -0.39 is 0 Å². The van der Waals surface area contributed by atoms with E-state index in [1.807, 2.05) is 6.07 Å². The number of anilines is 1. The van der Waals surface area contributed by atoms with Crippen LogP contribution >= 0.6 is 0 Å². The van der Waals surface area contributed by atoms with Gasteiger partial charge in [0.25, 0.3) is 0 Å². The van der Waals surface area contributed by atoms with Crippen LogP contribution in [0.3, 0.4) is 0 Å². The second kappa shape index (κ2) is 4.48. The molecule has 0 atom stereocenters. The number of hydrogen-bond acceptors (Lipinski definition) is 1. The Labute approximate surface area is 100 Å². The van der Waals surface area contributed by atoms with Gasteiger partial charge in [-0.3, -0.25) is 0 Å². The summed E-state index contributed by atoms with van der Waals surface area (Å²) in [5.74, 6) is 0. The van der Waals surface area contributed by atoms with Gasteiger partial charge < -0.3 is 5.32 Å². The molecule has 1 heteroatoms. The summed E-state index contributed by atoms with van der Waals surface area (Å²) < 4.78 is 0. The van der Waals surface area contributed by atoms with E-state index in [-0.39, 0.29) is 10.8 Å². The van der Waals surface area contributed by atoms with Crippen LogP contribution in [0.2, 0.25) is 0 Å². The van der Waals surface area contributed by atoms with Gasteiger partial charge in [-0.25, -0.2) is 0 Å². The van der Waals surface area contributed by atoms with E-state index in [0.717, 1.165) is 0 Å². The van der Waals surface area contributed by atoms with Gasteiger partial charge in [-0.15, -0.1) is 0 Å². The van der Waals surface area contributed by atoms with Crippen molar-refractivity contribution in [3.05, 3.63) is 30.3 Å². The Bertz CT molecular complexity index is 300. The highest BCUT2D eigenvalue weighted by molar-refractivity contribution is 5.44. The number of para-hydroxylation sites is 1. The molecule has 0 saturated heterocycles. The third kappa shape index (κ3) is 3.55. The molecule has 0 fully saturated rings. The molecule has 1 rings (SSSR count). The van der Waals surface area contributed by atoms with Crippen LogP contribution in [0.4, 0.5) is 5.69 Å². The Hall–Kier alpha value is -0.980. The molecule has 1 aromatic rings. The highest BCUT2D eigenvalue weighted by Gasteiger charge is 2.34. The van der Waals surface area contributed by atoms with Crippen LogP contribution in [0.5, 0.6) is 0 Å². The van der Waals surface area contributed by atoms with Gasteiger partial charge in [-0.2, -0.15) is 0 Å². The van der Waals surface area contributed by atoms with E-state index >= 15 is 0 Å². The maximum absolute atomic E-state index is 3.66. The molecular formula is C15H25N. The zero-order valence-electron chi connectivity index (χ0n) is 11.5. The van der Waals surface area contributed by atoms with E-state index in [1.165, 1.54) is 5.69 Å². The molecule has 0 radical (unpaired) electrons. The van der Waals surface area contributed by atoms with Gasteiger partial charge in [0.1, 0.15) is 0 Å². The maximum atomic E-state index is 3.66. The first kappa shape index (κ1) is 13.1.